The van der Waals surface area contributed by atoms with Crippen molar-refractivity contribution in [3.05, 3.63) is 106 Å². The molecule has 12 nitrogen and oxygen atoms in total. The summed E-state index contributed by atoms with van der Waals surface area (Å²) in [6.07, 6.45) is 0. The van der Waals surface area contributed by atoms with Crippen LogP contribution in [0.1, 0.15) is 62.1 Å². The third-order valence-corrected chi connectivity index (χ3v) is 4.00. The minimum atomic E-state index is -1.40. The first-order chi connectivity index (χ1) is 16.8. The van der Waals surface area contributed by atoms with Gasteiger partial charge in [-0.1, -0.05) is 54.6 Å². The van der Waals surface area contributed by atoms with Gasteiger partial charge in [0.2, 0.25) is 0 Å². The number of rotatable bonds is 6. The molecule has 3 aromatic rings. The van der Waals surface area contributed by atoms with E-state index in [4.69, 9.17) is 0 Å². The molecule has 14 heteroatoms. The molecule has 3 aromatic carbocycles. The zero-order valence-electron chi connectivity index (χ0n) is 18.5. The normalized spacial score (nSPS) is 8.84. The largest absolute Gasteiger partial charge is 3.00 e. The van der Waals surface area contributed by atoms with Gasteiger partial charge in [0.05, 0.1) is 35.8 Å². The Morgan fingerprint density at radius 3 is 0.579 bits per heavy atom. The molecule has 0 heterocycles. The molecule has 0 aromatic heterocycles. The van der Waals surface area contributed by atoms with Crippen molar-refractivity contribution < 1.29 is 98.4 Å². The number of carbonyl (C=O) groups excluding carboxylic acids is 6. The van der Waals surface area contributed by atoms with Gasteiger partial charge >= 0.3 is 39.0 Å². The topological polar surface area (TPSA) is 241 Å². The Morgan fingerprint density at radius 1 is 0.342 bits per heavy atom. The average molecular weight is 694 g/mol. The van der Waals surface area contributed by atoms with E-state index < -0.39 is 35.8 Å². The molecule has 38 heavy (non-hydrogen) atoms. The summed E-state index contributed by atoms with van der Waals surface area (Å²) in [6.45, 7) is 0. The molecule has 0 aliphatic rings. The number of aromatic carboxylic acids is 6. The summed E-state index contributed by atoms with van der Waals surface area (Å²) in [6, 6.07) is 14.4. The molecule has 0 spiro atoms. The van der Waals surface area contributed by atoms with Crippen molar-refractivity contribution in [1.82, 2.24) is 0 Å². The van der Waals surface area contributed by atoms with Gasteiger partial charge in [-0.05, 0) is 51.6 Å². The summed E-state index contributed by atoms with van der Waals surface area (Å²) in [5.74, 6) is -8.43. The van der Waals surface area contributed by atoms with E-state index in [1.807, 2.05) is 0 Å². The van der Waals surface area contributed by atoms with Crippen LogP contribution in [0.5, 0.6) is 0 Å². The second kappa shape index (κ2) is 17.2. The number of carboxylic acids is 6. The van der Waals surface area contributed by atoms with E-state index in [1.165, 1.54) is 54.6 Å². The maximum atomic E-state index is 10.3. The predicted octanol–water partition coefficient (Wildman–Crippen LogP) is -4.76. The summed E-state index contributed by atoms with van der Waals surface area (Å²) in [5.41, 5.74) is -1.02. The van der Waals surface area contributed by atoms with Crippen LogP contribution in [0.3, 0.4) is 0 Å². The smallest absolute Gasteiger partial charge is 0.545 e. The molecule has 2 radical (unpaired) electrons. The van der Waals surface area contributed by atoms with Crippen LogP contribution < -0.4 is 30.6 Å². The van der Waals surface area contributed by atoms with E-state index in [1.54, 1.807) is 0 Å². The molecule has 3 rings (SSSR count). The van der Waals surface area contributed by atoms with Crippen LogP contribution in [0.4, 0.5) is 0 Å². The Morgan fingerprint density at radius 2 is 0.474 bits per heavy atom. The van der Waals surface area contributed by atoms with Crippen molar-refractivity contribution in [2.45, 2.75) is 0 Å². The van der Waals surface area contributed by atoms with Crippen LogP contribution in [-0.2, 0) is 39.0 Å². The Labute approximate surface area is 239 Å². The van der Waals surface area contributed by atoms with Crippen LogP contribution in [0.2, 0.25) is 0 Å². The van der Waals surface area contributed by atoms with E-state index in [0.29, 0.717) is 0 Å². The molecule has 0 saturated heterocycles. The maximum absolute atomic E-state index is 10.3. The van der Waals surface area contributed by atoms with Gasteiger partial charge in [0.25, 0.3) is 0 Å². The number of carboxylic acid groups (broad SMARTS) is 6. The third kappa shape index (κ3) is 12.1. The Hall–Kier alpha value is -4.27. The van der Waals surface area contributed by atoms with E-state index >= 15 is 0 Å². The molecule has 0 aliphatic carbocycles. The third-order valence-electron chi connectivity index (χ3n) is 4.00. The standard InChI is InChI=1S/3C8H6O4.2Ru/c3*9-7(10)5-2-1-3-6(4-5)8(11)12;;/h3*1-4H,(H,9,10)(H,11,12);;/q;;;2*+3/p-6. The summed E-state index contributed by atoms with van der Waals surface area (Å²) < 4.78 is 0. The van der Waals surface area contributed by atoms with Crippen molar-refractivity contribution in [2.24, 2.45) is 0 Å². The number of carbonyl (C=O) groups is 6. The summed E-state index contributed by atoms with van der Waals surface area (Å²) >= 11 is 0. The average Bonchev–Trinajstić information content (AvgIpc) is 2.85. The second-order valence-corrected chi connectivity index (χ2v) is 6.47. The molecule has 0 fully saturated rings. The SMILES string of the molecule is O=C([O-])c1cccc(C(=O)[O-])c1.O=C([O-])c1cccc(C(=O)[O-])c1.O=C([O-])c1cccc(C(=O)[O-])c1.[Ru+3].[Ru+3]. The van der Waals surface area contributed by atoms with E-state index in [9.17, 15) is 59.4 Å². The van der Waals surface area contributed by atoms with Gasteiger partial charge < -0.3 is 59.4 Å². The van der Waals surface area contributed by atoms with Crippen LogP contribution in [0.15, 0.2) is 72.8 Å². The number of hydrogen-bond acceptors (Lipinski definition) is 12. The van der Waals surface area contributed by atoms with Gasteiger partial charge in [0.15, 0.2) is 0 Å². The molecule has 0 aliphatic heterocycles. The minimum absolute atomic E-state index is 0. The maximum Gasteiger partial charge on any atom is 3.00 e. The Balaban J connectivity index is 0. The fourth-order valence-electron chi connectivity index (χ4n) is 2.32. The van der Waals surface area contributed by atoms with E-state index in [0.717, 1.165) is 18.2 Å². The molecule has 0 N–H and O–H groups in total. The quantitative estimate of drug-likeness (QED) is 0.221. The van der Waals surface area contributed by atoms with Gasteiger partial charge in [-0.2, -0.15) is 0 Å². The molecule has 0 saturated carbocycles. The number of benzene rings is 3. The molecule has 196 valence electrons. The summed E-state index contributed by atoms with van der Waals surface area (Å²) in [4.78, 5) is 61.5. The van der Waals surface area contributed by atoms with Crippen molar-refractivity contribution in [3.8, 4) is 0 Å². The zero-order valence-corrected chi connectivity index (χ0v) is 22.0. The Kier molecular flexibility index (Phi) is 16.3. The van der Waals surface area contributed by atoms with Crippen molar-refractivity contribution in [2.75, 3.05) is 0 Å². The first-order valence-corrected chi connectivity index (χ1v) is 9.41. The summed E-state index contributed by atoms with van der Waals surface area (Å²) in [5, 5.41) is 61.5. The molecule has 0 atom stereocenters. The van der Waals surface area contributed by atoms with Crippen molar-refractivity contribution in [1.29, 1.82) is 0 Å². The van der Waals surface area contributed by atoms with E-state index in [2.05, 4.69) is 0 Å². The predicted molar refractivity (Wildman–Crippen MR) is 105 cm³/mol. The van der Waals surface area contributed by atoms with Crippen LogP contribution >= 0.6 is 0 Å². The zero-order chi connectivity index (χ0) is 27.4. The van der Waals surface area contributed by atoms with Gasteiger partial charge in [0, 0.05) is 0 Å². The first-order valence-electron chi connectivity index (χ1n) is 9.41. The fraction of sp³-hybridized carbons (Fsp3) is 0. The van der Waals surface area contributed by atoms with Gasteiger partial charge in [-0.3, -0.25) is 0 Å². The van der Waals surface area contributed by atoms with Crippen LogP contribution in [-0.4, -0.2) is 35.8 Å². The minimum Gasteiger partial charge on any atom is -0.545 e. The van der Waals surface area contributed by atoms with Gasteiger partial charge in [-0.25, -0.2) is 0 Å². The van der Waals surface area contributed by atoms with Crippen molar-refractivity contribution >= 4 is 35.8 Å². The molecular weight excluding hydrogens is 682 g/mol. The number of hydrogen-bond donors (Lipinski definition) is 0. The first kappa shape index (κ1) is 35.9. The summed E-state index contributed by atoms with van der Waals surface area (Å²) in [7, 11) is 0. The molecular formula is C24H12O12Ru2. The monoisotopic (exact) mass is 696 g/mol. The van der Waals surface area contributed by atoms with Crippen LogP contribution in [0, 0.1) is 0 Å². The van der Waals surface area contributed by atoms with Crippen molar-refractivity contribution in [3.63, 3.8) is 0 Å². The molecule has 0 bridgehead atoms. The van der Waals surface area contributed by atoms with Gasteiger partial charge in [-0.15, -0.1) is 0 Å². The van der Waals surface area contributed by atoms with E-state index in [-0.39, 0.29) is 72.3 Å². The van der Waals surface area contributed by atoms with Crippen LogP contribution in [0.25, 0.3) is 0 Å². The Bertz CT molecular complexity index is 1070. The van der Waals surface area contributed by atoms with Gasteiger partial charge in [0.1, 0.15) is 0 Å². The fourth-order valence-corrected chi connectivity index (χ4v) is 2.32. The molecule has 0 amide bonds. The molecule has 0 unspecified atom stereocenters. The second-order valence-electron chi connectivity index (χ2n) is 6.47.